The number of halogens is 3. The van der Waals surface area contributed by atoms with Crippen molar-refractivity contribution in [3.8, 4) is 11.5 Å². The molecule has 30 heavy (non-hydrogen) atoms. The normalized spacial score (nSPS) is 12.3. The van der Waals surface area contributed by atoms with E-state index in [-0.39, 0.29) is 17.0 Å². The van der Waals surface area contributed by atoms with E-state index in [1.807, 2.05) is 0 Å². The molecule has 0 fully saturated rings. The number of esters is 1. The molecule has 0 saturated heterocycles. The largest absolute Gasteiger partial charge is 0.493 e. The average Bonchev–Trinajstić information content (AvgIpc) is 2.94. The molecule has 0 unspecified atom stereocenters. The van der Waals surface area contributed by atoms with Gasteiger partial charge in [-0.2, -0.15) is 13.2 Å². The lowest BCUT2D eigenvalue weighted by Gasteiger charge is -2.15. The first-order chi connectivity index (χ1) is 14.0. The Bertz CT molecular complexity index is 937. The van der Waals surface area contributed by atoms with Gasteiger partial charge in [0.2, 0.25) is 0 Å². The van der Waals surface area contributed by atoms with Crippen LogP contribution in [0.2, 0.25) is 0 Å². The van der Waals surface area contributed by atoms with Crippen LogP contribution < -0.4 is 14.8 Å². The summed E-state index contributed by atoms with van der Waals surface area (Å²) < 4.78 is 54.6. The lowest BCUT2D eigenvalue weighted by atomic mass is 10.2. The van der Waals surface area contributed by atoms with Crippen LogP contribution in [0.5, 0.6) is 11.5 Å². The van der Waals surface area contributed by atoms with Crippen molar-refractivity contribution in [1.82, 2.24) is 4.57 Å². The average molecular weight is 428 g/mol. The van der Waals surface area contributed by atoms with Gasteiger partial charge >= 0.3 is 12.1 Å². The van der Waals surface area contributed by atoms with E-state index < -0.39 is 30.7 Å². The van der Waals surface area contributed by atoms with E-state index in [4.69, 9.17) is 14.2 Å². The number of amides is 1. The Morgan fingerprint density at radius 2 is 1.73 bits per heavy atom. The van der Waals surface area contributed by atoms with Gasteiger partial charge in [-0.3, -0.25) is 4.79 Å². The first-order valence-corrected chi connectivity index (χ1v) is 8.94. The van der Waals surface area contributed by atoms with Gasteiger partial charge in [0.15, 0.2) is 17.6 Å². The van der Waals surface area contributed by atoms with E-state index in [0.717, 1.165) is 4.57 Å². The predicted molar refractivity (Wildman–Crippen MR) is 103 cm³/mol. The number of aromatic nitrogens is 1. The van der Waals surface area contributed by atoms with Crippen molar-refractivity contribution in [2.75, 3.05) is 19.5 Å². The van der Waals surface area contributed by atoms with Crippen LogP contribution in [0, 0.1) is 13.8 Å². The number of nitrogens with zero attached hydrogens (tertiary/aromatic N) is 1. The van der Waals surface area contributed by atoms with Gasteiger partial charge in [-0.1, -0.05) is 0 Å². The number of hydrogen-bond donors (Lipinski definition) is 1. The third kappa shape index (κ3) is 5.46. The number of nitrogens with one attached hydrogen (secondary N) is 1. The smallest absolute Gasteiger partial charge is 0.406 e. The van der Waals surface area contributed by atoms with Gasteiger partial charge in [0.05, 0.1) is 19.8 Å². The molecular weight excluding hydrogens is 405 g/mol. The fourth-order valence-corrected chi connectivity index (χ4v) is 2.87. The van der Waals surface area contributed by atoms with E-state index in [2.05, 4.69) is 5.32 Å². The minimum atomic E-state index is -4.43. The van der Waals surface area contributed by atoms with E-state index in [1.165, 1.54) is 47.1 Å². The van der Waals surface area contributed by atoms with Crippen molar-refractivity contribution in [2.45, 2.75) is 39.6 Å². The summed E-state index contributed by atoms with van der Waals surface area (Å²) in [4.78, 5) is 24.8. The van der Waals surface area contributed by atoms with Crippen molar-refractivity contribution in [3.05, 3.63) is 41.2 Å². The van der Waals surface area contributed by atoms with Gasteiger partial charge < -0.3 is 24.1 Å². The molecule has 0 aliphatic rings. The first kappa shape index (κ1) is 23.1. The second-order valence-corrected chi connectivity index (χ2v) is 6.59. The van der Waals surface area contributed by atoms with Gasteiger partial charge in [-0.15, -0.1) is 0 Å². The van der Waals surface area contributed by atoms with Crippen LogP contribution in [0.15, 0.2) is 24.3 Å². The van der Waals surface area contributed by atoms with Crippen LogP contribution >= 0.6 is 0 Å². The van der Waals surface area contributed by atoms with E-state index >= 15 is 0 Å². The molecule has 164 valence electrons. The maximum atomic E-state index is 12.7. The first-order valence-electron chi connectivity index (χ1n) is 8.94. The Kier molecular flexibility index (Phi) is 7.01. The fourth-order valence-electron chi connectivity index (χ4n) is 2.87. The topological polar surface area (TPSA) is 78.8 Å². The van der Waals surface area contributed by atoms with E-state index in [1.54, 1.807) is 12.1 Å². The highest BCUT2D eigenvalue weighted by molar-refractivity contribution is 5.98. The SMILES string of the molecule is COc1ccc(NC(=O)[C@@H](C)OC(=O)c2cc(C)n(CC(F)(F)F)c2C)cc1OC. The summed E-state index contributed by atoms with van der Waals surface area (Å²) in [5.41, 5.74) is 0.743. The molecule has 0 aliphatic heterocycles. The zero-order valence-corrected chi connectivity index (χ0v) is 17.2. The molecule has 0 spiro atoms. The molecule has 0 saturated carbocycles. The monoisotopic (exact) mass is 428 g/mol. The lowest BCUT2D eigenvalue weighted by molar-refractivity contribution is -0.141. The molecule has 0 aliphatic carbocycles. The zero-order chi connectivity index (χ0) is 22.6. The molecule has 1 aromatic carbocycles. The molecule has 0 bridgehead atoms. The number of alkyl halides is 3. The Balaban J connectivity index is 2.09. The maximum Gasteiger partial charge on any atom is 0.406 e. The second kappa shape index (κ2) is 9.10. The molecule has 0 radical (unpaired) electrons. The molecule has 1 amide bonds. The van der Waals surface area contributed by atoms with Gasteiger partial charge in [0.25, 0.3) is 5.91 Å². The standard InChI is InChI=1S/C20H23F3N2O5/c1-11-8-15(12(2)25(11)10-20(21,22)23)19(27)30-13(3)18(26)24-14-6-7-16(28-4)17(9-14)29-5/h6-9,13H,10H2,1-5H3,(H,24,26)/t13-/m1/s1. The number of carbonyl (C=O) groups excluding carboxylic acids is 2. The Labute approximate surface area is 171 Å². The summed E-state index contributed by atoms with van der Waals surface area (Å²) in [5.74, 6) is -0.618. The highest BCUT2D eigenvalue weighted by atomic mass is 19.4. The van der Waals surface area contributed by atoms with Crippen LogP contribution in [0.4, 0.5) is 18.9 Å². The van der Waals surface area contributed by atoms with Crippen LogP contribution in [0.1, 0.15) is 28.7 Å². The minimum absolute atomic E-state index is 0.0254. The summed E-state index contributed by atoms with van der Waals surface area (Å²) in [6.45, 7) is 3.00. The van der Waals surface area contributed by atoms with Gasteiger partial charge in [-0.05, 0) is 39.0 Å². The number of rotatable bonds is 7. The summed E-state index contributed by atoms with van der Waals surface area (Å²) >= 11 is 0. The van der Waals surface area contributed by atoms with Gasteiger partial charge in [0, 0.05) is 23.1 Å². The van der Waals surface area contributed by atoms with Crippen LogP contribution in [0.3, 0.4) is 0 Å². The molecule has 2 rings (SSSR count). The van der Waals surface area contributed by atoms with Crippen molar-refractivity contribution in [3.63, 3.8) is 0 Å². The number of carbonyl (C=O) groups is 2. The number of ether oxygens (including phenoxy) is 3. The number of aryl methyl sites for hydroxylation is 1. The predicted octanol–water partition coefficient (Wildman–Crippen LogP) is 3.87. The van der Waals surface area contributed by atoms with Crippen molar-refractivity contribution >= 4 is 17.6 Å². The highest BCUT2D eigenvalue weighted by Gasteiger charge is 2.31. The van der Waals surface area contributed by atoms with E-state index in [9.17, 15) is 22.8 Å². The number of benzene rings is 1. The second-order valence-electron chi connectivity index (χ2n) is 6.59. The molecular formula is C20H23F3N2O5. The summed E-state index contributed by atoms with van der Waals surface area (Å²) in [6, 6.07) is 6.03. The number of methoxy groups -OCH3 is 2. The van der Waals surface area contributed by atoms with E-state index in [0.29, 0.717) is 17.2 Å². The maximum absolute atomic E-state index is 12.7. The summed E-state index contributed by atoms with van der Waals surface area (Å²) in [5, 5.41) is 2.58. The number of hydrogen-bond acceptors (Lipinski definition) is 5. The molecule has 1 atom stereocenters. The molecule has 7 nitrogen and oxygen atoms in total. The molecule has 10 heteroatoms. The highest BCUT2D eigenvalue weighted by Crippen LogP contribution is 2.30. The summed E-state index contributed by atoms with van der Waals surface area (Å²) in [7, 11) is 2.92. The molecule has 1 heterocycles. The van der Waals surface area contributed by atoms with Crippen molar-refractivity contribution in [2.24, 2.45) is 0 Å². The van der Waals surface area contributed by atoms with Gasteiger partial charge in [-0.25, -0.2) is 4.79 Å². The Hall–Kier alpha value is -3.17. The van der Waals surface area contributed by atoms with Crippen molar-refractivity contribution < 1.29 is 37.0 Å². The van der Waals surface area contributed by atoms with Gasteiger partial charge in [0.1, 0.15) is 6.54 Å². The van der Waals surface area contributed by atoms with Crippen LogP contribution in [0.25, 0.3) is 0 Å². The quantitative estimate of drug-likeness (QED) is 0.678. The zero-order valence-electron chi connectivity index (χ0n) is 17.2. The molecule has 1 aromatic heterocycles. The molecule has 2 aromatic rings. The minimum Gasteiger partial charge on any atom is -0.493 e. The van der Waals surface area contributed by atoms with Crippen LogP contribution in [-0.2, 0) is 16.1 Å². The Morgan fingerprint density at radius 3 is 2.30 bits per heavy atom. The fraction of sp³-hybridized carbons (Fsp3) is 0.400. The number of anilines is 1. The third-order valence-electron chi connectivity index (χ3n) is 4.44. The summed E-state index contributed by atoms with van der Waals surface area (Å²) in [6.07, 6.45) is -5.61. The van der Waals surface area contributed by atoms with Crippen molar-refractivity contribution in [1.29, 1.82) is 0 Å². The molecule has 1 N–H and O–H groups in total. The lowest BCUT2D eigenvalue weighted by Crippen LogP contribution is -2.30. The third-order valence-corrected chi connectivity index (χ3v) is 4.44. The Morgan fingerprint density at radius 1 is 1.10 bits per heavy atom. The van der Waals surface area contributed by atoms with Crippen LogP contribution in [-0.4, -0.2) is 42.9 Å².